The van der Waals surface area contributed by atoms with Gasteiger partial charge in [-0.15, -0.1) is 11.3 Å². The Bertz CT molecular complexity index is 739. The van der Waals surface area contributed by atoms with Gasteiger partial charge in [0.25, 0.3) is 5.91 Å². The van der Waals surface area contributed by atoms with Crippen LogP contribution < -0.4 is 10.6 Å². The quantitative estimate of drug-likeness (QED) is 0.694. The Labute approximate surface area is 145 Å². The number of benzene rings is 1. The van der Waals surface area contributed by atoms with Crippen molar-refractivity contribution in [2.45, 2.75) is 19.0 Å². The zero-order chi connectivity index (χ0) is 16.8. The first-order valence-electron chi connectivity index (χ1n) is 7.98. The molecule has 0 unspecified atom stereocenters. The number of carbonyl (C=O) groups is 1. The van der Waals surface area contributed by atoms with Crippen molar-refractivity contribution in [1.82, 2.24) is 5.32 Å². The predicted octanol–water partition coefficient (Wildman–Crippen LogP) is 2.87. The molecule has 0 saturated carbocycles. The molecule has 3 N–H and O–H groups in total. The van der Waals surface area contributed by atoms with E-state index in [0.717, 1.165) is 16.2 Å². The number of hydrogen-bond acceptors (Lipinski definition) is 3. The first-order valence-corrected chi connectivity index (χ1v) is 8.86. The van der Waals surface area contributed by atoms with Crippen molar-refractivity contribution in [2.24, 2.45) is 0 Å². The van der Waals surface area contributed by atoms with E-state index in [1.165, 1.54) is 0 Å². The van der Waals surface area contributed by atoms with E-state index in [1.54, 1.807) is 17.6 Å². The van der Waals surface area contributed by atoms with Crippen LogP contribution in [0.15, 0.2) is 70.7 Å². The topological polar surface area (TPSA) is 58.9 Å². The largest absolute Gasteiger partial charge is 0.463 e. The van der Waals surface area contributed by atoms with Crippen LogP contribution in [0.1, 0.15) is 35.2 Å². The van der Waals surface area contributed by atoms with E-state index < -0.39 is 0 Å². The van der Waals surface area contributed by atoms with Crippen molar-refractivity contribution in [1.29, 1.82) is 0 Å². The van der Waals surface area contributed by atoms with Crippen molar-refractivity contribution in [3.8, 4) is 0 Å². The molecule has 4 nitrogen and oxygen atoms in total. The van der Waals surface area contributed by atoms with Crippen molar-refractivity contribution in [3.63, 3.8) is 0 Å². The number of quaternary nitrogens is 1. The van der Waals surface area contributed by atoms with Gasteiger partial charge in [-0.25, -0.2) is 0 Å². The third kappa shape index (κ3) is 4.13. The van der Waals surface area contributed by atoms with Crippen LogP contribution in [-0.2, 0) is 4.79 Å². The zero-order valence-electron chi connectivity index (χ0n) is 13.5. The molecule has 0 saturated heterocycles. The molecule has 2 aromatic heterocycles. The minimum absolute atomic E-state index is 0.0170. The van der Waals surface area contributed by atoms with Gasteiger partial charge in [0, 0.05) is 10.4 Å². The molecule has 3 rings (SSSR count). The van der Waals surface area contributed by atoms with Gasteiger partial charge >= 0.3 is 0 Å². The first-order chi connectivity index (χ1) is 11.7. The summed E-state index contributed by atoms with van der Waals surface area (Å²) in [6.07, 6.45) is 1.66. The second kappa shape index (κ2) is 7.95. The smallest absolute Gasteiger partial charge is 0.275 e. The summed E-state index contributed by atoms with van der Waals surface area (Å²) in [6.45, 7) is 2.35. The molecule has 0 fully saturated rings. The number of carbonyl (C=O) groups excluding carboxylic acids is 1. The maximum Gasteiger partial charge on any atom is 0.275 e. The molecule has 24 heavy (non-hydrogen) atoms. The summed E-state index contributed by atoms with van der Waals surface area (Å²) in [5, 5.41) is 7.07. The third-order valence-corrected chi connectivity index (χ3v) is 4.95. The van der Waals surface area contributed by atoms with Crippen molar-refractivity contribution >= 4 is 17.2 Å². The van der Waals surface area contributed by atoms with Gasteiger partial charge in [0.2, 0.25) is 0 Å². The Kier molecular flexibility index (Phi) is 5.46. The molecular formula is C19H21N2O2S+. The number of furan rings is 1. The van der Waals surface area contributed by atoms with Crippen LogP contribution in [0.3, 0.4) is 0 Å². The molecule has 3 aromatic rings. The van der Waals surface area contributed by atoms with E-state index in [1.807, 2.05) is 60.1 Å². The standard InChI is InChI=1S/C19H20N2O2S/c1-14(17-10-6-12-24-17)21-18(22)13-20-19(16-9-5-11-23-16)15-7-3-2-4-8-15/h2-12,14,19-20H,13H2,1H3,(H,21,22)/p+1/t14-,19-/m0/s1. The number of hydrogen-bond donors (Lipinski definition) is 2. The average molecular weight is 341 g/mol. The SMILES string of the molecule is C[C@H](NC(=O)C[NH2+][C@@H](c1ccccc1)c1ccco1)c1cccs1. The summed E-state index contributed by atoms with van der Waals surface area (Å²) in [5.74, 6) is 0.865. The molecule has 1 amide bonds. The Morgan fingerprint density at radius 2 is 2.00 bits per heavy atom. The van der Waals surface area contributed by atoms with Crippen LogP contribution >= 0.6 is 11.3 Å². The Hall–Kier alpha value is -2.37. The van der Waals surface area contributed by atoms with E-state index in [4.69, 9.17) is 4.42 Å². The van der Waals surface area contributed by atoms with Gasteiger partial charge in [-0.1, -0.05) is 36.4 Å². The molecule has 2 heterocycles. The van der Waals surface area contributed by atoms with E-state index >= 15 is 0 Å². The maximum absolute atomic E-state index is 12.3. The second-order valence-electron chi connectivity index (χ2n) is 5.65. The number of rotatable bonds is 7. The number of nitrogens with one attached hydrogen (secondary N) is 1. The van der Waals surface area contributed by atoms with Gasteiger partial charge in [0.15, 0.2) is 18.3 Å². The Morgan fingerprint density at radius 3 is 2.67 bits per heavy atom. The van der Waals surface area contributed by atoms with Crippen LogP contribution in [0.2, 0.25) is 0 Å². The molecule has 0 spiro atoms. The molecule has 5 heteroatoms. The van der Waals surface area contributed by atoms with Crippen LogP contribution in [0, 0.1) is 0 Å². The minimum atomic E-state index is -0.0241. The van der Waals surface area contributed by atoms with Crippen LogP contribution in [0.5, 0.6) is 0 Å². The lowest BCUT2D eigenvalue weighted by Crippen LogP contribution is -2.87. The van der Waals surface area contributed by atoms with Gasteiger partial charge in [-0.3, -0.25) is 4.79 Å². The fraction of sp³-hybridized carbons (Fsp3) is 0.211. The summed E-state index contributed by atoms with van der Waals surface area (Å²) in [7, 11) is 0. The van der Waals surface area contributed by atoms with E-state index in [-0.39, 0.29) is 18.0 Å². The lowest BCUT2D eigenvalue weighted by molar-refractivity contribution is -0.678. The summed E-state index contributed by atoms with van der Waals surface area (Å²) < 4.78 is 5.56. The van der Waals surface area contributed by atoms with E-state index in [0.29, 0.717) is 6.54 Å². The average Bonchev–Trinajstić information content (AvgIpc) is 3.30. The number of amides is 1. The highest BCUT2D eigenvalue weighted by atomic mass is 32.1. The van der Waals surface area contributed by atoms with Gasteiger partial charge in [-0.2, -0.15) is 0 Å². The van der Waals surface area contributed by atoms with Gasteiger partial charge in [0.1, 0.15) is 0 Å². The van der Waals surface area contributed by atoms with Crippen LogP contribution in [0.4, 0.5) is 0 Å². The third-order valence-electron chi connectivity index (χ3n) is 3.89. The molecule has 1 aromatic carbocycles. The highest BCUT2D eigenvalue weighted by Crippen LogP contribution is 2.19. The predicted molar refractivity (Wildman–Crippen MR) is 94.7 cm³/mol. The van der Waals surface area contributed by atoms with Crippen molar-refractivity contribution in [2.75, 3.05) is 6.54 Å². The lowest BCUT2D eigenvalue weighted by Gasteiger charge is -2.15. The normalized spacial score (nSPS) is 13.4. The summed E-state index contributed by atoms with van der Waals surface area (Å²) in [6, 6.07) is 17.9. The van der Waals surface area contributed by atoms with Gasteiger partial charge < -0.3 is 15.1 Å². The number of nitrogens with two attached hydrogens (primary N) is 1. The maximum atomic E-state index is 12.3. The monoisotopic (exact) mass is 341 g/mol. The molecule has 0 radical (unpaired) electrons. The molecule has 0 aliphatic carbocycles. The Morgan fingerprint density at radius 1 is 1.17 bits per heavy atom. The Balaban J connectivity index is 1.62. The van der Waals surface area contributed by atoms with Gasteiger partial charge in [-0.05, 0) is 30.5 Å². The highest BCUT2D eigenvalue weighted by molar-refractivity contribution is 7.10. The fourth-order valence-electron chi connectivity index (χ4n) is 2.68. The number of thiophene rings is 1. The zero-order valence-corrected chi connectivity index (χ0v) is 14.3. The molecule has 2 atom stereocenters. The van der Waals surface area contributed by atoms with Crippen molar-refractivity contribution in [3.05, 3.63) is 82.4 Å². The molecule has 0 aliphatic heterocycles. The molecule has 124 valence electrons. The lowest BCUT2D eigenvalue weighted by atomic mass is 10.0. The first kappa shape index (κ1) is 16.5. The van der Waals surface area contributed by atoms with Gasteiger partial charge in [0.05, 0.1) is 12.3 Å². The van der Waals surface area contributed by atoms with E-state index in [9.17, 15) is 4.79 Å². The summed E-state index contributed by atoms with van der Waals surface area (Å²) in [5.41, 5.74) is 1.12. The van der Waals surface area contributed by atoms with Crippen molar-refractivity contribution < 1.29 is 14.5 Å². The summed E-state index contributed by atoms with van der Waals surface area (Å²) in [4.78, 5) is 13.4. The van der Waals surface area contributed by atoms with Crippen LogP contribution in [-0.4, -0.2) is 12.5 Å². The summed E-state index contributed by atoms with van der Waals surface area (Å²) >= 11 is 1.65. The molecule has 0 bridgehead atoms. The molecule has 0 aliphatic rings. The molecular weight excluding hydrogens is 320 g/mol. The minimum Gasteiger partial charge on any atom is -0.463 e. The second-order valence-corrected chi connectivity index (χ2v) is 6.63. The van der Waals surface area contributed by atoms with E-state index in [2.05, 4.69) is 17.4 Å². The fourth-order valence-corrected chi connectivity index (χ4v) is 3.41. The highest BCUT2D eigenvalue weighted by Gasteiger charge is 2.22. The van der Waals surface area contributed by atoms with Crippen LogP contribution in [0.25, 0.3) is 0 Å².